The number of hydrogen-bond donors (Lipinski definition) is 3. The lowest BCUT2D eigenvalue weighted by Crippen LogP contribution is -2.60. The van der Waals surface area contributed by atoms with E-state index in [0.29, 0.717) is 18.7 Å². The second-order valence-corrected chi connectivity index (χ2v) is 15.6. The topological polar surface area (TPSA) is 141 Å². The van der Waals surface area contributed by atoms with Gasteiger partial charge in [-0.25, -0.2) is 18.4 Å². The Morgan fingerprint density at radius 1 is 1.09 bits per heavy atom. The van der Waals surface area contributed by atoms with Crippen molar-refractivity contribution in [2.75, 3.05) is 39.9 Å². The molecule has 0 radical (unpaired) electrons. The Balaban J connectivity index is 1.99. The summed E-state index contributed by atoms with van der Waals surface area (Å²) in [4.78, 5) is 31.2. The third kappa shape index (κ3) is 11.1. The van der Waals surface area contributed by atoms with Gasteiger partial charge in [0.15, 0.2) is 0 Å². The number of nitrogens with zero attached hydrogens (tertiary/aromatic N) is 3. The molecule has 45 heavy (non-hydrogen) atoms. The SMILES string of the molecule is COCCNCC(=O)NN(C(=O)CC(C)(C)C)[C@@H](Cc1ccccc1)[C@H](O)CN(CC(C)C)S(=O)(=O)c1ccc2ncsc2c1. The van der Waals surface area contributed by atoms with Crippen molar-refractivity contribution in [2.24, 2.45) is 11.3 Å². The Hall–Kier alpha value is -2.94. The second kappa shape index (κ2) is 16.6. The maximum Gasteiger partial charge on any atom is 0.252 e. The molecule has 13 heteroatoms. The number of thiazole rings is 1. The van der Waals surface area contributed by atoms with E-state index in [-0.39, 0.29) is 49.2 Å². The van der Waals surface area contributed by atoms with Crippen LogP contribution >= 0.6 is 11.3 Å². The van der Waals surface area contributed by atoms with Gasteiger partial charge in [-0.3, -0.25) is 15.0 Å². The Bertz CT molecular complexity index is 1490. The molecule has 2 atom stereocenters. The van der Waals surface area contributed by atoms with Gasteiger partial charge in [0.25, 0.3) is 5.91 Å². The molecule has 0 saturated heterocycles. The van der Waals surface area contributed by atoms with Crippen LogP contribution < -0.4 is 10.7 Å². The van der Waals surface area contributed by atoms with Gasteiger partial charge >= 0.3 is 0 Å². The molecule has 0 aliphatic heterocycles. The Morgan fingerprint density at radius 3 is 2.44 bits per heavy atom. The van der Waals surface area contributed by atoms with Crippen molar-refractivity contribution in [3.05, 3.63) is 59.6 Å². The lowest BCUT2D eigenvalue weighted by molar-refractivity contribution is -0.149. The summed E-state index contributed by atoms with van der Waals surface area (Å²) in [6.45, 7) is 10.2. The number of nitrogens with one attached hydrogen (secondary N) is 2. The number of aliphatic hydroxyl groups is 1. The Kier molecular flexibility index (Phi) is 13.5. The van der Waals surface area contributed by atoms with Crippen molar-refractivity contribution in [2.45, 2.75) is 64.5 Å². The molecular weight excluding hydrogens is 615 g/mol. The van der Waals surface area contributed by atoms with E-state index >= 15 is 0 Å². The van der Waals surface area contributed by atoms with Crippen LogP contribution in [0.25, 0.3) is 10.2 Å². The van der Waals surface area contributed by atoms with E-state index in [1.807, 2.05) is 65.0 Å². The van der Waals surface area contributed by atoms with E-state index in [0.717, 1.165) is 10.3 Å². The lowest BCUT2D eigenvalue weighted by atomic mass is 9.91. The number of ether oxygens (including phenoxy) is 1. The molecule has 0 spiro atoms. The van der Waals surface area contributed by atoms with E-state index in [1.54, 1.807) is 24.8 Å². The molecule has 0 bridgehead atoms. The molecule has 0 aliphatic rings. The summed E-state index contributed by atoms with van der Waals surface area (Å²) in [6.07, 6.45) is -1.08. The molecule has 0 saturated carbocycles. The first-order valence-corrected chi connectivity index (χ1v) is 17.4. The van der Waals surface area contributed by atoms with Crippen molar-refractivity contribution in [1.29, 1.82) is 0 Å². The number of sulfonamides is 1. The molecular formula is C32H47N5O6S2. The summed E-state index contributed by atoms with van der Waals surface area (Å²) in [7, 11) is -2.48. The monoisotopic (exact) mass is 661 g/mol. The number of methoxy groups -OCH3 is 1. The van der Waals surface area contributed by atoms with Crippen LogP contribution in [0.3, 0.4) is 0 Å². The number of amides is 2. The normalized spacial score (nSPS) is 13.7. The third-order valence-electron chi connectivity index (χ3n) is 6.93. The van der Waals surface area contributed by atoms with Gasteiger partial charge in [0.1, 0.15) is 0 Å². The van der Waals surface area contributed by atoms with Crippen LogP contribution in [0.4, 0.5) is 0 Å². The minimum absolute atomic E-state index is 0.0526. The molecule has 0 aliphatic carbocycles. The number of hydrazine groups is 1. The summed E-state index contributed by atoms with van der Waals surface area (Å²) in [5, 5.41) is 16.1. The van der Waals surface area contributed by atoms with Crippen LogP contribution in [0.5, 0.6) is 0 Å². The number of rotatable bonds is 16. The number of carbonyl (C=O) groups is 2. The number of benzene rings is 2. The van der Waals surface area contributed by atoms with Gasteiger partial charge in [-0.1, -0.05) is 65.0 Å². The molecule has 0 unspecified atom stereocenters. The Labute approximate surface area is 271 Å². The van der Waals surface area contributed by atoms with E-state index in [2.05, 4.69) is 15.7 Å². The van der Waals surface area contributed by atoms with E-state index in [9.17, 15) is 23.1 Å². The zero-order chi connectivity index (χ0) is 33.2. The van der Waals surface area contributed by atoms with Crippen molar-refractivity contribution in [1.82, 2.24) is 25.0 Å². The number of aromatic nitrogens is 1. The first kappa shape index (κ1) is 36.5. The highest BCUT2D eigenvalue weighted by Crippen LogP contribution is 2.26. The zero-order valence-electron chi connectivity index (χ0n) is 27.0. The highest BCUT2D eigenvalue weighted by Gasteiger charge is 2.37. The van der Waals surface area contributed by atoms with Gasteiger partial charge in [0.2, 0.25) is 15.9 Å². The summed E-state index contributed by atoms with van der Waals surface area (Å²) in [5.74, 6) is -0.909. The Morgan fingerprint density at radius 2 is 1.80 bits per heavy atom. The zero-order valence-corrected chi connectivity index (χ0v) is 28.7. The number of carbonyl (C=O) groups excluding carboxylic acids is 2. The molecule has 2 amide bonds. The fraction of sp³-hybridized carbons (Fsp3) is 0.531. The summed E-state index contributed by atoms with van der Waals surface area (Å²) in [5.41, 5.74) is 5.50. The molecule has 248 valence electrons. The van der Waals surface area contributed by atoms with Crippen LogP contribution in [0.2, 0.25) is 0 Å². The third-order valence-corrected chi connectivity index (χ3v) is 9.55. The molecule has 11 nitrogen and oxygen atoms in total. The quantitative estimate of drug-likeness (QED) is 0.157. The highest BCUT2D eigenvalue weighted by atomic mass is 32.2. The van der Waals surface area contributed by atoms with Gasteiger partial charge in [-0.05, 0) is 41.5 Å². The number of aliphatic hydroxyl groups excluding tert-OH is 1. The predicted molar refractivity (Wildman–Crippen MR) is 177 cm³/mol. The molecule has 1 aromatic heterocycles. The van der Waals surface area contributed by atoms with Gasteiger partial charge in [-0.15, -0.1) is 11.3 Å². The van der Waals surface area contributed by atoms with Gasteiger partial charge in [0, 0.05) is 33.2 Å². The average molecular weight is 662 g/mol. The van der Waals surface area contributed by atoms with Crippen LogP contribution in [-0.4, -0.2) is 91.7 Å². The van der Waals surface area contributed by atoms with Crippen molar-refractivity contribution < 1.29 is 27.9 Å². The summed E-state index contributed by atoms with van der Waals surface area (Å²) >= 11 is 1.35. The second-order valence-electron chi connectivity index (χ2n) is 12.7. The van der Waals surface area contributed by atoms with E-state index in [1.165, 1.54) is 26.7 Å². The molecule has 0 fully saturated rings. The average Bonchev–Trinajstić information content (AvgIpc) is 3.44. The molecule has 3 N–H and O–H groups in total. The fourth-order valence-corrected chi connectivity index (χ4v) is 7.27. The van der Waals surface area contributed by atoms with E-state index in [4.69, 9.17) is 4.74 Å². The van der Waals surface area contributed by atoms with Crippen LogP contribution in [0.15, 0.2) is 58.9 Å². The number of hydrogen-bond acceptors (Lipinski definition) is 9. The van der Waals surface area contributed by atoms with Gasteiger partial charge in [-0.2, -0.15) is 4.31 Å². The van der Waals surface area contributed by atoms with E-state index < -0.39 is 33.5 Å². The smallest absolute Gasteiger partial charge is 0.252 e. The molecule has 3 rings (SSSR count). The van der Waals surface area contributed by atoms with Crippen molar-refractivity contribution in [3.63, 3.8) is 0 Å². The minimum Gasteiger partial charge on any atom is -0.390 e. The fourth-order valence-electron chi connectivity index (χ4n) is 4.83. The van der Waals surface area contributed by atoms with Crippen LogP contribution in [0, 0.1) is 11.3 Å². The van der Waals surface area contributed by atoms with Crippen molar-refractivity contribution >= 4 is 43.4 Å². The van der Waals surface area contributed by atoms with Gasteiger partial charge in [0.05, 0.1) is 45.9 Å². The minimum atomic E-state index is -4.04. The maximum absolute atomic E-state index is 14.0. The van der Waals surface area contributed by atoms with Crippen LogP contribution in [-0.2, 0) is 30.8 Å². The summed E-state index contributed by atoms with van der Waals surface area (Å²) < 4.78 is 35.1. The highest BCUT2D eigenvalue weighted by molar-refractivity contribution is 7.89. The van der Waals surface area contributed by atoms with Gasteiger partial charge < -0.3 is 15.2 Å². The molecule has 3 aromatic rings. The maximum atomic E-state index is 14.0. The van der Waals surface area contributed by atoms with Crippen molar-refractivity contribution in [3.8, 4) is 0 Å². The summed E-state index contributed by atoms with van der Waals surface area (Å²) in [6, 6.07) is 13.1. The van der Waals surface area contributed by atoms with Crippen LogP contribution in [0.1, 0.15) is 46.6 Å². The first-order chi connectivity index (χ1) is 21.2. The number of fused-ring (bicyclic) bond motifs is 1. The largest absolute Gasteiger partial charge is 0.390 e. The molecule has 1 heterocycles. The molecule has 2 aromatic carbocycles. The predicted octanol–water partition coefficient (Wildman–Crippen LogP) is 3.45. The standard InChI is InChI=1S/C32H47N5O6S2/c1-23(2)20-36(45(41,42)25-12-13-26-29(17-25)44-22-34-26)21-28(38)27(16-24-10-8-7-9-11-24)37(31(40)18-32(3,4)5)35-30(39)19-33-14-15-43-6/h7-13,17,22-23,27-28,33,38H,14-16,18-21H2,1-6H3,(H,35,39)/t27-,28+/m0/s1. The lowest BCUT2D eigenvalue weighted by Gasteiger charge is -2.38. The first-order valence-electron chi connectivity index (χ1n) is 15.1.